The maximum Gasteiger partial charge on any atom is 0.215 e. The van der Waals surface area contributed by atoms with Crippen LogP contribution < -0.4 is 19.7 Å². The second-order valence-electron chi connectivity index (χ2n) is 8.63. The molecular formula is C29H26BrN5O3. The van der Waals surface area contributed by atoms with Crippen LogP contribution in [0, 0.1) is 0 Å². The molecule has 2 heterocycles. The Morgan fingerprint density at radius 2 is 1.71 bits per heavy atom. The van der Waals surface area contributed by atoms with Gasteiger partial charge in [0.25, 0.3) is 0 Å². The van der Waals surface area contributed by atoms with Crippen LogP contribution in [-0.2, 0) is 18.3 Å². The lowest BCUT2D eigenvalue weighted by atomic mass is 10.1. The summed E-state index contributed by atoms with van der Waals surface area (Å²) in [6, 6.07) is 25.0. The van der Waals surface area contributed by atoms with Gasteiger partial charge in [0, 0.05) is 42.1 Å². The highest BCUT2D eigenvalue weighted by Crippen LogP contribution is 2.29. The Morgan fingerprint density at radius 3 is 2.45 bits per heavy atom. The molecule has 0 radical (unpaired) electrons. The van der Waals surface area contributed by atoms with Crippen molar-refractivity contribution >= 4 is 50.8 Å². The molecule has 0 bridgehead atoms. The van der Waals surface area contributed by atoms with Crippen molar-refractivity contribution in [3.8, 4) is 17.2 Å². The molecule has 8 nitrogen and oxygen atoms in total. The molecule has 0 atom stereocenters. The maximum atomic E-state index is 11.8. The van der Waals surface area contributed by atoms with Gasteiger partial charge in [-0.15, -0.1) is 0 Å². The first kappa shape index (κ1) is 25.3. The second kappa shape index (κ2) is 11.4. The van der Waals surface area contributed by atoms with E-state index in [1.54, 1.807) is 30.3 Å². The van der Waals surface area contributed by atoms with E-state index in [4.69, 9.17) is 14.5 Å². The van der Waals surface area contributed by atoms with Gasteiger partial charge >= 0.3 is 0 Å². The normalized spacial score (nSPS) is 10.8. The summed E-state index contributed by atoms with van der Waals surface area (Å²) in [6.45, 7) is 0.486. The average molecular weight is 572 g/mol. The van der Waals surface area contributed by atoms with Crippen LogP contribution in [0.1, 0.15) is 5.56 Å². The van der Waals surface area contributed by atoms with E-state index in [1.807, 2.05) is 78.3 Å². The zero-order chi connectivity index (χ0) is 26.5. The molecule has 0 aliphatic rings. The van der Waals surface area contributed by atoms with Crippen molar-refractivity contribution in [1.82, 2.24) is 14.5 Å². The standard InChI is InChI=1S/C29H26BrN5O3/c1-34-27-12-11-24(17-26(27)33-29(34)32-22-7-5-21(30)6-8-22)38-25-13-15-31-28(18-25)35(19-36)16-14-20-3-9-23(37-2)10-4-20/h3-13,15,17-19H,14,16H2,1-2H3,(H,32,33). The summed E-state index contributed by atoms with van der Waals surface area (Å²) in [5.41, 5.74) is 3.81. The first-order chi connectivity index (χ1) is 18.5. The van der Waals surface area contributed by atoms with Crippen LogP contribution in [0.25, 0.3) is 11.0 Å². The van der Waals surface area contributed by atoms with Gasteiger partial charge in [0.05, 0.1) is 18.1 Å². The molecule has 192 valence electrons. The fourth-order valence-electron chi connectivity index (χ4n) is 4.04. The van der Waals surface area contributed by atoms with Gasteiger partial charge in [-0.3, -0.25) is 9.69 Å². The maximum absolute atomic E-state index is 11.8. The first-order valence-electron chi connectivity index (χ1n) is 12.0. The molecule has 0 unspecified atom stereocenters. The Kier molecular flexibility index (Phi) is 7.55. The Morgan fingerprint density at radius 1 is 0.974 bits per heavy atom. The molecule has 0 aliphatic heterocycles. The monoisotopic (exact) mass is 571 g/mol. The van der Waals surface area contributed by atoms with Gasteiger partial charge in [-0.1, -0.05) is 28.1 Å². The molecule has 38 heavy (non-hydrogen) atoms. The number of methoxy groups -OCH3 is 1. The number of pyridine rings is 1. The number of carbonyl (C=O) groups excluding carboxylic acids is 1. The fourth-order valence-corrected chi connectivity index (χ4v) is 4.30. The molecule has 0 fully saturated rings. The molecule has 0 saturated heterocycles. The number of imidazole rings is 1. The summed E-state index contributed by atoms with van der Waals surface area (Å²) in [7, 11) is 3.60. The number of halogens is 1. The highest BCUT2D eigenvalue weighted by atomic mass is 79.9. The van der Waals surface area contributed by atoms with Crippen molar-refractivity contribution in [2.24, 2.45) is 7.05 Å². The lowest BCUT2D eigenvalue weighted by Crippen LogP contribution is -2.24. The predicted molar refractivity (Wildman–Crippen MR) is 153 cm³/mol. The second-order valence-corrected chi connectivity index (χ2v) is 9.54. The molecule has 1 N–H and O–H groups in total. The van der Waals surface area contributed by atoms with Crippen LogP contribution in [0.2, 0.25) is 0 Å². The van der Waals surface area contributed by atoms with Gasteiger partial charge in [-0.2, -0.15) is 0 Å². The lowest BCUT2D eigenvalue weighted by Gasteiger charge is -2.17. The third-order valence-corrected chi connectivity index (χ3v) is 6.66. The molecule has 0 aliphatic carbocycles. The summed E-state index contributed by atoms with van der Waals surface area (Å²) in [5, 5.41) is 3.35. The van der Waals surface area contributed by atoms with E-state index in [1.165, 1.54) is 0 Å². The fraction of sp³-hybridized carbons (Fsp3) is 0.138. The molecule has 2 aromatic heterocycles. The van der Waals surface area contributed by atoms with Crippen molar-refractivity contribution in [2.45, 2.75) is 6.42 Å². The highest BCUT2D eigenvalue weighted by molar-refractivity contribution is 9.10. The van der Waals surface area contributed by atoms with Crippen LogP contribution in [0.5, 0.6) is 17.2 Å². The van der Waals surface area contributed by atoms with Crippen LogP contribution in [0.4, 0.5) is 17.5 Å². The predicted octanol–water partition coefficient (Wildman–Crippen LogP) is 6.48. The van der Waals surface area contributed by atoms with Crippen molar-refractivity contribution in [3.05, 3.63) is 95.1 Å². The Labute approximate surface area is 229 Å². The summed E-state index contributed by atoms with van der Waals surface area (Å²) in [4.78, 5) is 22.5. The van der Waals surface area contributed by atoms with Gasteiger partial charge < -0.3 is 19.4 Å². The number of anilines is 3. The number of rotatable bonds is 10. The number of fused-ring (bicyclic) bond motifs is 1. The lowest BCUT2D eigenvalue weighted by molar-refractivity contribution is -0.107. The smallest absolute Gasteiger partial charge is 0.215 e. The molecule has 3 aromatic carbocycles. The number of benzene rings is 3. The van der Waals surface area contributed by atoms with E-state index in [9.17, 15) is 4.79 Å². The summed E-state index contributed by atoms with van der Waals surface area (Å²) >= 11 is 3.46. The first-order valence-corrected chi connectivity index (χ1v) is 12.8. The third kappa shape index (κ3) is 5.78. The van der Waals surface area contributed by atoms with Crippen LogP contribution in [0.3, 0.4) is 0 Å². The van der Waals surface area contributed by atoms with Crippen LogP contribution >= 0.6 is 15.9 Å². The van der Waals surface area contributed by atoms with E-state index >= 15 is 0 Å². The quantitative estimate of drug-likeness (QED) is 0.193. The van der Waals surface area contributed by atoms with E-state index in [2.05, 4.69) is 26.2 Å². The number of ether oxygens (including phenoxy) is 2. The summed E-state index contributed by atoms with van der Waals surface area (Å²) in [6.07, 6.45) is 3.10. The minimum atomic E-state index is 0.486. The zero-order valence-electron chi connectivity index (χ0n) is 21.0. The van der Waals surface area contributed by atoms with Crippen molar-refractivity contribution < 1.29 is 14.3 Å². The number of hydrogen-bond acceptors (Lipinski definition) is 6. The zero-order valence-corrected chi connectivity index (χ0v) is 22.6. The van der Waals surface area contributed by atoms with E-state index in [-0.39, 0.29) is 0 Å². The summed E-state index contributed by atoms with van der Waals surface area (Å²) in [5.74, 6) is 3.26. The number of nitrogens with zero attached hydrogens (tertiary/aromatic N) is 4. The molecule has 0 spiro atoms. The van der Waals surface area contributed by atoms with Crippen LogP contribution in [0.15, 0.2) is 89.5 Å². The van der Waals surface area contributed by atoms with Crippen molar-refractivity contribution in [3.63, 3.8) is 0 Å². The molecule has 5 rings (SSSR count). The number of nitrogens with one attached hydrogen (secondary N) is 1. The number of aryl methyl sites for hydroxylation is 1. The van der Waals surface area contributed by atoms with E-state index < -0.39 is 0 Å². The minimum Gasteiger partial charge on any atom is -0.497 e. The van der Waals surface area contributed by atoms with Gasteiger partial charge in [0.1, 0.15) is 23.1 Å². The van der Waals surface area contributed by atoms with Gasteiger partial charge in [-0.05, 0) is 66.6 Å². The Balaban J connectivity index is 1.29. The molecule has 9 heteroatoms. The van der Waals surface area contributed by atoms with E-state index in [0.717, 1.165) is 44.9 Å². The minimum absolute atomic E-state index is 0.486. The van der Waals surface area contributed by atoms with Crippen LogP contribution in [-0.4, -0.2) is 34.6 Å². The number of amides is 1. The number of aromatic nitrogens is 3. The highest BCUT2D eigenvalue weighted by Gasteiger charge is 2.12. The Bertz CT molecular complexity index is 1550. The van der Waals surface area contributed by atoms with E-state index in [0.29, 0.717) is 30.3 Å². The van der Waals surface area contributed by atoms with Crippen molar-refractivity contribution in [1.29, 1.82) is 0 Å². The average Bonchev–Trinajstić information content (AvgIpc) is 3.25. The third-order valence-electron chi connectivity index (χ3n) is 6.13. The molecule has 5 aromatic rings. The van der Waals surface area contributed by atoms with Crippen molar-refractivity contribution in [2.75, 3.05) is 23.9 Å². The largest absolute Gasteiger partial charge is 0.497 e. The number of hydrogen-bond donors (Lipinski definition) is 1. The summed E-state index contributed by atoms with van der Waals surface area (Å²) < 4.78 is 14.3. The van der Waals surface area contributed by atoms with Gasteiger partial charge in [0.15, 0.2) is 0 Å². The molecule has 1 amide bonds. The molecule has 0 saturated carbocycles. The van der Waals surface area contributed by atoms with Gasteiger partial charge in [0.2, 0.25) is 12.4 Å². The van der Waals surface area contributed by atoms with Gasteiger partial charge in [-0.25, -0.2) is 9.97 Å². The molecular weight excluding hydrogens is 546 g/mol. The topological polar surface area (TPSA) is 81.5 Å². The Hall–Kier alpha value is -4.37. The number of carbonyl (C=O) groups is 1. The SMILES string of the molecule is COc1ccc(CCN(C=O)c2cc(Oc3ccc4c(c3)nc(Nc3ccc(Br)cc3)n4C)ccn2)cc1.